The quantitative estimate of drug-likeness (QED) is 0.648. The molecule has 0 radical (unpaired) electrons. The number of halogens is 1. The summed E-state index contributed by atoms with van der Waals surface area (Å²) >= 11 is 6.06. The number of nitrogens with zero attached hydrogens (tertiary/aromatic N) is 1. The molecule has 1 aromatic heterocycles. The minimum atomic E-state index is -0.903. The van der Waals surface area contributed by atoms with Crippen LogP contribution in [0.2, 0.25) is 5.02 Å². The van der Waals surface area contributed by atoms with Gasteiger partial charge in [0.25, 0.3) is 0 Å². The molecular weight excluding hydrogens is 366 g/mol. The van der Waals surface area contributed by atoms with Crippen molar-refractivity contribution in [1.82, 2.24) is 4.98 Å². The van der Waals surface area contributed by atoms with Gasteiger partial charge in [-0.1, -0.05) is 29.8 Å². The fourth-order valence-electron chi connectivity index (χ4n) is 3.54. The Morgan fingerprint density at radius 2 is 2.11 bits per heavy atom. The highest BCUT2D eigenvalue weighted by atomic mass is 35.5. The van der Waals surface area contributed by atoms with Crippen molar-refractivity contribution < 1.29 is 19.1 Å². The van der Waals surface area contributed by atoms with Crippen LogP contribution in [0.1, 0.15) is 47.4 Å². The first kappa shape index (κ1) is 17.6. The third-order valence-corrected chi connectivity index (χ3v) is 5.05. The van der Waals surface area contributed by atoms with Gasteiger partial charge in [0.15, 0.2) is 0 Å². The van der Waals surface area contributed by atoms with Crippen LogP contribution in [0.5, 0.6) is 5.75 Å². The van der Waals surface area contributed by atoms with Crippen molar-refractivity contribution in [2.75, 3.05) is 0 Å². The molecule has 2 aromatic carbocycles. The van der Waals surface area contributed by atoms with Crippen molar-refractivity contribution in [2.24, 2.45) is 0 Å². The predicted molar refractivity (Wildman–Crippen MR) is 100 cm³/mol. The molecule has 6 heteroatoms. The van der Waals surface area contributed by atoms with E-state index in [0.717, 1.165) is 29.2 Å². The number of rotatable bonds is 6. The van der Waals surface area contributed by atoms with Gasteiger partial charge in [0.2, 0.25) is 5.89 Å². The summed E-state index contributed by atoms with van der Waals surface area (Å²) in [7, 11) is 0. The minimum absolute atomic E-state index is 0.00433. The number of carboxylic acid groups (broad SMARTS) is 1. The number of aliphatic carboxylic acids is 1. The number of benzene rings is 2. The summed E-state index contributed by atoms with van der Waals surface area (Å²) in [4.78, 5) is 15.3. The van der Waals surface area contributed by atoms with Crippen molar-refractivity contribution in [2.45, 2.75) is 31.3 Å². The van der Waals surface area contributed by atoms with Crippen LogP contribution in [0.3, 0.4) is 0 Å². The topological polar surface area (TPSA) is 72.6 Å². The minimum Gasteiger partial charge on any atom is -0.486 e. The molecule has 0 aliphatic heterocycles. The van der Waals surface area contributed by atoms with Gasteiger partial charge in [0, 0.05) is 5.02 Å². The lowest BCUT2D eigenvalue weighted by atomic mass is 9.95. The van der Waals surface area contributed by atoms with Crippen molar-refractivity contribution >= 4 is 17.6 Å². The summed E-state index contributed by atoms with van der Waals surface area (Å²) in [6, 6.07) is 13.4. The Balaban J connectivity index is 1.52. The summed E-state index contributed by atoms with van der Waals surface area (Å²) < 4.78 is 11.5. The number of fused-ring (bicyclic) bond motifs is 1. The summed E-state index contributed by atoms with van der Waals surface area (Å²) in [5.41, 5.74) is 3.23. The molecule has 138 valence electrons. The molecule has 0 bridgehead atoms. The van der Waals surface area contributed by atoms with E-state index < -0.39 is 11.9 Å². The Bertz CT molecular complexity index is 937. The van der Waals surface area contributed by atoms with Gasteiger partial charge in [0.1, 0.15) is 18.1 Å². The molecule has 0 amide bonds. The Labute approximate surface area is 161 Å². The molecule has 0 fully saturated rings. The Hall–Kier alpha value is -2.79. The van der Waals surface area contributed by atoms with Crippen molar-refractivity contribution in [3.8, 4) is 5.75 Å². The Morgan fingerprint density at radius 3 is 2.81 bits per heavy atom. The fourth-order valence-corrected chi connectivity index (χ4v) is 3.74. The van der Waals surface area contributed by atoms with Crippen LogP contribution in [0, 0.1) is 0 Å². The molecule has 1 aliphatic rings. The Kier molecular flexibility index (Phi) is 4.86. The maximum atomic E-state index is 11.2. The van der Waals surface area contributed by atoms with E-state index >= 15 is 0 Å². The number of hydrogen-bond donors (Lipinski definition) is 1. The van der Waals surface area contributed by atoms with Gasteiger partial charge in [-0.15, -0.1) is 0 Å². The summed E-state index contributed by atoms with van der Waals surface area (Å²) in [6.45, 7) is 0. The van der Waals surface area contributed by atoms with E-state index in [1.165, 1.54) is 23.6 Å². The number of carboxylic acids is 1. The second-order valence-corrected chi connectivity index (χ2v) is 7.01. The molecule has 27 heavy (non-hydrogen) atoms. The van der Waals surface area contributed by atoms with Crippen molar-refractivity contribution in [3.05, 3.63) is 82.5 Å². The van der Waals surface area contributed by atoms with E-state index in [1.54, 1.807) is 0 Å². The SMILES string of the molecule is O=C(O)CC(c1ccc(OC2CCc3cc(Cl)ccc32)cc1)c1ncco1. The predicted octanol–water partition coefficient (Wildman–Crippen LogP) is 5.00. The molecule has 1 heterocycles. The maximum absolute atomic E-state index is 11.2. The largest absolute Gasteiger partial charge is 0.486 e. The van der Waals surface area contributed by atoms with Crippen LogP contribution in [0.15, 0.2) is 59.3 Å². The molecule has 1 aliphatic carbocycles. The molecular formula is C21H18ClNO4. The summed E-state index contributed by atoms with van der Waals surface area (Å²) in [5.74, 6) is -0.193. The first-order valence-corrected chi connectivity index (χ1v) is 9.14. The lowest BCUT2D eigenvalue weighted by molar-refractivity contribution is -0.137. The van der Waals surface area contributed by atoms with Gasteiger partial charge in [-0.05, 0) is 53.8 Å². The average Bonchev–Trinajstić information content (AvgIpc) is 3.30. The number of aryl methyl sites for hydroxylation is 1. The first-order valence-electron chi connectivity index (χ1n) is 8.76. The van der Waals surface area contributed by atoms with Gasteiger partial charge >= 0.3 is 5.97 Å². The van der Waals surface area contributed by atoms with Crippen LogP contribution in [-0.2, 0) is 11.2 Å². The van der Waals surface area contributed by atoms with Gasteiger partial charge in [-0.3, -0.25) is 4.79 Å². The molecule has 0 saturated carbocycles. The number of aromatic nitrogens is 1. The molecule has 4 rings (SSSR count). The van der Waals surface area contributed by atoms with Crippen LogP contribution in [-0.4, -0.2) is 16.1 Å². The smallest absolute Gasteiger partial charge is 0.304 e. The number of oxazole rings is 1. The fraction of sp³-hybridized carbons (Fsp3) is 0.238. The molecule has 0 saturated heterocycles. The van der Waals surface area contributed by atoms with Crippen LogP contribution < -0.4 is 4.74 Å². The molecule has 1 N–H and O–H groups in total. The Morgan fingerprint density at radius 1 is 1.30 bits per heavy atom. The first-order chi connectivity index (χ1) is 13.1. The lowest BCUT2D eigenvalue weighted by Crippen LogP contribution is -2.08. The number of hydrogen-bond acceptors (Lipinski definition) is 4. The highest BCUT2D eigenvalue weighted by Crippen LogP contribution is 2.37. The molecule has 5 nitrogen and oxygen atoms in total. The summed E-state index contributed by atoms with van der Waals surface area (Å²) in [6.07, 6.45) is 4.75. The van der Waals surface area contributed by atoms with Crippen LogP contribution >= 0.6 is 11.6 Å². The van der Waals surface area contributed by atoms with Gasteiger partial charge < -0.3 is 14.3 Å². The van der Waals surface area contributed by atoms with Gasteiger partial charge in [-0.25, -0.2) is 4.98 Å². The van der Waals surface area contributed by atoms with E-state index in [9.17, 15) is 9.90 Å². The standard InChI is InChI=1S/C21H18ClNO4/c22-15-4-7-17-14(11-15)3-8-19(17)27-16-5-1-13(2-6-16)18(12-20(24)25)21-23-9-10-26-21/h1-2,4-7,9-11,18-19H,3,8,12H2,(H,24,25). The highest BCUT2D eigenvalue weighted by molar-refractivity contribution is 6.30. The molecule has 2 unspecified atom stereocenters. The normalized spacial score (nSPS) is 16.7. The van der Waals surface area contributed by atoms with Gasteiger partial charge in [0.05, 0.1) is 18.5 Å². The second-order valence-electron chi connectivity index (χ2n) is 6.58. The monoisotopic (exact) mass is 383 g/mol. The zero-order valence-corrected chi connectivity index (χ0v) is 15.2. The third-order valence-electron chi connectivity index (χ3n) is 4.82. The van der Waals surface area contributed by atoms with Gasteiger partial charge in [-0.2, -0.15) is 0 Å². The maximum Gasteiger partial charge on any atom is 0.304 e. The number of carbonyl (C=O) groups is 1. The van der Waals surface area contributed by atoms with E-state index in [-0.39, 0.29) is 12.5 Å². The zero-order valence-electron chi connectivity index (χ0n) is 14.5. The average molecular weight is 384 g/mol. The van der Waals surface area contributed by atoms with Crippen LogP contribution in [0.25, 0.3) is 0 Å². The van der Waals surface area contributed by atoms with E-state index in [0.29, 0.717) is 5.89 Å². The summed E-state index contributed by atoms with van der Waals surface area (Å²) in [5, 5.41) is 9.94. The van der Waals surface area contributed by atoms with E-state index in [4.69, 9.17) is 20.8 Å². The van der Waals surface area contributed by atoms with E-state index in [1.807, 2.05) is 42.5 Å². The third kappa shape index (κ3) is 3.83. The van der Waals surface area contributed by atoms with Crippen molar-refractivity contribution in [3.63, 3.8) is 0 Å². The van der Waals surface area contributed by atoms with E-state index in [2.05, 4.69) is 4.98 Å². The van der Waals surface area contributed by atoms with Crippen molar-refractivity contribution in [1.29, 1.82) is 0 Å². The lowest BCUT2D eigenvalue weighted by Gasteiger charge is -2.17. The zero-order chi connectivity index (χ0) is 18.8. The van der Waals surface area contributed by atoms with Crippen LogP contribution in [0.4, 0.5) is 0 Å². The molecule has 0 spiro atoms. The molecule has 2 atom stereocenters. The number of ether oxygens (including phenoxy) is 1. The second kappa shape index (κ2) is 7.45. The molecule has 3 aromatic rings. The highest BCUT2D eigenvalue weighted by Gasteiger charge is 2.25.